The average Bonchev–Trinajstić information content (AvgIpc) is 2.81. The van der Waals surface area contributed by atoms with E-state index in [0.29, 0.717) is 0 Å². The topological polar surface area (TPSA) is 20.2 Å². The molecule has 0 radical (unpaired) electrons. The monoisotopic (exact) mass is 224 g/mol. The van der Waals surface area contributed by atoms with E-state index in [1.807, 2.05) is 17.5 Å². The second-order valence-corrected chi connectivity index (χ2v) is 5.59. The number of hydrogen-bond donors (Lipinski definition) is 1. The molecule has 2 heteroatoms. The summed E-state index contributed by atoms with van der Waals surface area (Å²) in [6.45, 7) is 0. The third kappa shape index (κ3) is 3.32. The van der Waals surface area contributed by atoms with Crippen molar-refractivity contribution in [1.82, 2.24) is 0 Å². The number of rotatable bonds is 4. The van der Waals surface area contributed by atoms with Gasteiger partial charge in [-0.2, -0.15) is 0 Å². The van der Waals surface area contributed by atoms with Crippen LogP contribution in [0.5, 0.6) is 0 Å². The lowest BCUT2D eigenvalue weighted by Gasteiger charge is -2.22. The van der Waals surface area contributed by atoms with Gasteiger partial charge in [-0.15, -0.1) is 11.3 Å². The van der Waals surface area contributed by atoms with Gasteiger partial charge in [0, 0.05) is 4.88 Å². The minimum atomic E-state index is -0.216. The molecule has 1 aromatic heterocycles. The van der Waals surface area contributed by atoms with E-state index in [1.165, 1.54) is 38.5 Å². The third-order valence-corrected chi connectivity index (χ3v) is 4.42. The first kappa shape index (κ1) is 11.2. The summed E-state index contributed by atoms with van der Waals surface area (Å²) in [6, 6.07) is 4.06. The molecular formula is C13H20OS. The van der Waals surface area contributed by atoms with Gasteiger partial charge in [0.2, 0.25) is 0 Å². The summed E-state index contributed by atoms with van der Waals surface area (Å²) in [4.78, 5) is 1.13. The van der Waals surface area contributed by atoms with Gasteiger partial charge in [-0.1, -0.05) is 38.2 Å². The van der Waals surface area contributed by atoms with E-state index in [-0.39, 0.29) is 6.10 Å². The average molecular weight is 224 g/mol. The number of aliphatic hydroxyl groups is 1. The molecule has 0 aliphatic heterocycles. The molecule has 0 bridgehead atoms. The summed E-state index contributed by atoms with van der Waals surface area (Å²) in [5, 5.41) is 12.0. The largest absolute Gasteiger partial charge is 0.388 e. The Morgan fingerprint density at radius 3 is 2.80 bits per heavy atom. The van der Waals surface area contributed by atoms with Gasteiger partial charge in [0.05, 0.1) is 6.10 Å². The molecule has 1 aromatic rings. The summed E-state index contributed by atoms with van der Waals surface area (Å²) >= 11 is 1.67. The zero-order valence-corrected chi connectivity index (χ0v) is 10.0. The first-order valence-electron chi connectivity index (χ1n) is 6.08. The molecule has 1 aliphatic rings. The summed E-state index contributed by atoms with van der Waals surface area (Å²) in [5.41, 5.74) is 0. The van der Waals surface area contributed by atoms with Gasteiger partial charge >= 0.3 is 0 Å². The molecule has 0 saturated heterocycles. The molecular weight excluding hydrogens is 204 g/mol. The molecule has 1 fully saturated rings. The van der Waals surface area contributed by atoms with Crippen LogP contribution in [0.2, 0.25) is 0 Å². The van der Waals surface area contributed by atoms with Crippen molar-refractivity contribution < 1.29 is 5.11 Å². The van der Waals surface area contributed by atoms with Crippen LogP contribution in [-0.2, 0) is 0 Å². The molecule has 0 unspecified atom stereocenters. The van der Waals surface area contributed by atoms with Crippen LogP contribution in [0.1, 0.15) is 55.9 Å². The lowest BCUT2D eigenvalue weighted by Crippen LogP contribution is -2.08. The van der Waals surface area contributed by atoms with Crippen LogP contribution in [0.4, 0.5) is 0 Å². The summed E-state index contributed by atoms with van der Waals surface area (Å²) < 4.78 is 0. The lowest BCUT2D eigenvalue weighted by atomic mass is 9.85. The van der Waals surface area contributed by atoms with Crippen LogP contribution in [0.3, 0.4) is 0 Å². The van der Waals surface area contributed by atoms with Gasteiger partial charge in [-0.3, -0.25) is 0 Å². The Labute approximate surface area is 96.1 Å². The van der Waals surface area contributed by atoms with Crippen molar-refractivity contribution in [3.63, 3.8) is 0 Å². The van der Waals surface area contributed by atoms with Crippen LogP contribution >= 0.6 is 11.3 Å². The standard InChI is InChI=1S/C13H20OS/c14-12(13-7-4-10-15-13)9-8-11-5-2-1-3-6-11/h4,7,10-12,14H,1-3,5-6,8-9H2/t12-/m1/s1. The minimum absolute atomic E-state index is 0.216. The predicted molar refractivity (Wildman–Crippen MR) is 65.1 cm³/mol. The third-order valence-electron chi connectivity index (χ3n) is 3.44. The Hall–Kier alpha value is -0.340. The zero-order chi connectivity index (χ0) is 10.5. The molecule has 1 N–H and O–H groups in total. The van der Waals surface area contributed by atoms with Crippen molar-refractivity contribution in [1.29, 1.82) is 0 Å². The van der Waals surface area contributed by atoms with E-state index in [4.69, 9.17) is 0 Å². The summed E-state index contributed by atoms with van der Waals surface area (Å²) in [6.07, 6.45) is 8.94. The minimum Gasteiger partial charge on any atom is -0.388 e. The highest BCUT2D eigenvalue weighted by atomic mass is 32.1. The Kier molecular flexibility index (Phi) is 4.21. The SMILES string of the molecule is O[C@H](CCC1CCCCC1)c1cccs1. The van der Waals surface area contributed by atoms with Gasteiger partial charge in [0.1, 0.15) is 0 Å². The smallest absolute Gasteiger partial charge is 0.0882 e. The molecule has 1 heterocycles. The molecule has 1 aliphatic carbocycles. The molecule has 1 nitrogen and oxygen atoms in total. The lowest BCUT2D eigenvalue weighted by molar-refractivity contribution is 0.154. The van der Waals surface area contributed by atoms with E-state index in [1.54, 1.807) is 11.3 Å². The van der Waals surface area contributed by atoms with E-state index in [0.717, 1.165) is 17.2 Å². The van der Waals surface area contributed by atoms with Crippen molar-refractivity contribution in [2.75, 3.05) is 0 Å². The summed E-state index contributed by atoms with van der Waals surface area (Å²) in [5.74, 6) is 0.883. The molecule has 84 valence electrons. The highest BCUT2D eigenvalue weighted by molar-refractivity contribution is 7.10. The first-order valence-corrected chi connectivity index (χ1v) is 6.95. The maximum Gasteiger partial charge on any atom is 0.0882 e. The van der Waals surface area contributed by atoms with Crippen LogP contribution < -0.4 is 0 Å². The quantitative estimate of drug-likeness (QED) is 0.815. The Balaban J connectivity index is 1.73. The first-order chi connectivity index (χ1) is 7.36. The van der Waals surface area contributed by atoms with Gasteiger partial charge in [0.15, 0.2) is 0 Å². The highest BCUT2D eigenvalue weighted by Gasteiger charge is 2.16. The molecule has 1 saturated carbocycles. The van der Waals surface area contributed by atoms with Gasteiger partial charge in [-0.05, 0) is 30.2 Å². The van der Waals surface area contributed by atoms with E-state index in [2.05, 4.69) is 0 Å². The maximum atomic E-state index is 9.95. The van der Waals surface area contributed by atoms with Crippen molar-refractivity contribution >= 4 is 11.3 Å². The van der Waals surface area contributed by atoms with Crippen molar-refractivity contribution in [3.05, 3.63) is 22.4 Å². The Bertz CT molecular complexity index is 262. The van der Waals surface area contributed by atoms with Gasteiger partial charge in [-0.25, -0.2) is 0 Å². The van der Waals surface area contributed by atoms with E-state index >= 15 is 0 Å². The molecule has 15 heavy (non-hydrogen) atoms. The Morgan fingerprint density at radius 2 is 2.13 bits per heavy atom. The van der Waals surface area contributed by atoms with Crippen molar-refractivity contribution in [2.24, 2.45) is 5.92 Å². The number of thiophene rings is 1. The molecule has 1 atom stereocenters. The molecule has 2 rings (SSSR count). The van der Waals surface area contributed by atoms with Gasteiger partial charge < -0.3 is 5.11 Å². The van der Waals surface area contributed by atoms with Crippen LogP contribution in [0.15, 0.2) is 17.5 Å². The maximum absolute atomic E-state index is 9.95. The normalized spacial score (nSPS) is 20.3. The second-order valence-electron chi connectivity index (χ2n) is 4.61. The summed E-state index contributed by atoms with van der Waals surface area (Å²) in [7, 11) is 0. The predicted octanol–water partition coefficient (Wildman–Crippen LogP) is 4.14. The van der Waals surface area contributed by atoms with Crippen LogP contribution in [0.25, 0.3) is 0 Å². The fraction of sp³-hybridized carbons (Fsp3) is 0.692. The highest BCUT2D eigenvalue weighted by Crippen LogP contribution is 2.31. The second kappa shape index (κ2) is 5.66. The van der Waals surface area contributed by atoms with E-state index in [9.17, 15) is 5.11 Å². The van der Waals surface area contributed by atoms with Crippen molar-refractivity contribution in [3.8, 4) is 0 Å². The zero-order valence-electron chi connectivity index (χ0n) is 9.19. The molecule has 0 amide bonds. The van der Waals surface area contributed by atoms with E-state index < -0.39 is 0 Å². The molecule has 0 aromatic carbocycles. The van der Waals surface area contributed by atoms with Crippen LogP contribution in [0, 0.1) is 5.92 Å². The number of aliphatic hydroxyl groups excluding tert-OH is 1. The Morgan fingerprint density at radius 1 is 1.33 bits per heavy atom. The fourth-order valence-electron chi connectivity index (χ4n) is 2.49. The van der Waals surface area contributed by atoms with Crippen LogP contribution in [-0.4, -0.2) is 5.11 Å². The fourth-order valence-corrected chi connectivity index (χ4v) is 3.24. The van der Waals surface area contributed by atoms with Gasteiger partial charge in [0.25, 0.3) is 0 Å². The van der Waals surface area contributed by atoms with Crippen molar-refractivity contribution in [2.45, 2.75) is 51.0 Å². The molecule has 0 spiro atoms. The number of hydrogen-bond acceptors (Lipinski definition) is 2.